The molecule has 98 valence electrons. The van der Waals surface area contributed by atoms with Gasteiger partial charge in [0.1, 0.15) is 5.60 Å². The van der Waals surface area contributed by atoms with Gasteiger partial charge in [-0.3, -0.25) is 4.79 Å². The summed E-state index contributed by atoms with van der Waals surface area (Å²) in [5.41, 5.74) is -0.107. The van der Waals surface area contributed by atoms with Crippen molar-refractivity contribution in [3.63, 3.8) is 0 Å². The second-order valence-electron chi connectivity index (χ2n) is 5.04. The van der Waals surface area contributed by atoms with Crippen LogP contribution in [0.2, 0.25) is 0 Å². The van der Waals surface area contributed by atoms with Gasteiger partial charge in [-0.05, 0) is 40.0 Å². The van der Waals surface area contributed by atoms with Crippen LogP contribution in [-0.2, 0) is 0 Å². The number of likely N-dealkylation sites (tertiary alicyclic amines) is 1. The maximum absolute atomic E-state index is 12.3. The Morgan fingerprint density at radius 1 is 1.39 bits per heavy atom. The molecule has 0 radical (unpaired) electrons. The highest BCUT2D eigenvalue weighted by Crippen LogP contribution is 2.31. The van der Waals surface area contributed by atoms with Crippen LogP contribution in [0.4, 0.5) is 0 Å². The van der Waals surface area contributed by atoms with Gasteiger partial charge in [0.15, 0.2) is 0 Å². The summed E-state index contributed by atoms with van der Waals surface area (Å²) in [6.07, 6.45) is 0. The fourth-order valence-corrected chi connectivity index (χ4v) is 2.73. The lowest BCUT2D eigenvalue weighted by Crippen LogP contribution is -2.66. The van der Waals surface area contributed by atoms with Crippen LogP contribution < -0.4 is 0 Å². The van der Waals surface area contributed by atoms with Crippen molar-refractivity contribution in [1.82, 2.24) is 4.90 Å². The summed E-state index contributed by atoms with van der Waals surface area (Å²) in [7, 11) is 0. The highest BCUT2D eigenvalue weighted by molar-refractivity contribution is 9.11. The third kappa shape index (κ3) is 2.49. The van der Waals surface area contributed by atoms with Gasteiger partial charge < -0.3 is 10.0 Å². The number of β-amino-alcohol motifs (C(OH)–C–C–N with tert-alkyl or cyclic N) is 1. The molecule has 2 rings (SSSR count). The number of aliphatic hydroxyl groups is 1. The second kappa shape index (κ2) is 4.94. The highest BCUT2D eigenvalue weighted by atomic mass is 79.9. The summed E-state index contributed by atoms with van der Waals surface area (Å²) in [5.74, 6) is 0.112. The molecule has 1 saturated heterocycles. The number of rotatable bonds is 2. The van der Waals surface area contributed by atoms with Crippen LogP contribution in [0.1, 0.15) is 24.2 Å². The van der Waals surface area contributed by atoms with E-state index in [2.05, 4.69) is 31.9 Å². The van der Waals surface area contributed by atoms with Crippen molar-refractivity contribution < 1.29 is 9.90 Å². The van der Waals surface area contributed by atoms with Gasteiger partial charge in [-0.25, -0.2) is 0 Å². The van der Waals surface area contributed by atoms with E-state index in [9.17, 15) is 9.90 Å². The smallest absolute Gasteiger partial charge is 0.255 e. The molecule has 0 spiro atoms. The number of amides is 1. The lowest BCUT2D eigenvalue weighted by atomic mass is 9.82. The molecule has 1 amide bonds. The zero-order valence-electron chi connectivity index (χ0n) is 10.3. The van der Waals surface area contributed by atoms with E-state index in [1.807, 2.05) is 26.0 Å². The minimum absolute atomic E-state index is 0.0477. The van der Waals surface area contributed by atoms with Crippen molar-refractivity contribution in [1.29, 1.82) is 0 Å². The van der Waals surface area contributed by atoms with E-state index in [0.29, 0.717) is 18.7 Å². The number of carbonyl (C=O) groups is 1. The van der Waals surface area contributed by atoms with Crippen molar-refractivity contribution in [2.24, 2.45) is 5.92 Å². The average Bonchev–Trinajstić information content (AvgIpc) is 2.27. The molecule has 0 aliphatic carbocycles. The predicted molar refractivity (Wildman–Crippen MR) is 77.5 cm³/mol. The van der Waals surface area contributed by atoms with Crippen molar-refractivity contribution in [2.75, 3.05) is 13.1 Å². The molecular formula is C13H15Br2NO2. The van der Waals surface area contributed by atoms with Crippen LogP contribution >= 0.6 is 31.9 Å². The van der Waals surface area contributed by atoms with Crippen LogP contribution in [0, 0.1) is 5.92 Å². The first-order valence-electron chi connectivity index (χ1n) is 5.80. The standard InChI is InChI=1S/C13H15Br2NO2/c1-8(2)13(18)6-16(7-13)12(17)10-5-9(14)3-4-11(10)15/h3-5,8,18H,6-7H2,1-2H3. The van der Waals surface area contributed by atoms with Gasteiger partial charge in [0.25, 0.3) is 5.91 Å². The Bertz CT molecular complexity index is 482. The molecule has 1 aliphatic rings. The molecule has 1 fully saturated rings. The molecule has 1 N–H and O–H groups in total. The predicted octanol–water partition coefficient (Wildman–Crippen LogP) is 3.05. The van der Waals surface area contributed by atoms with Crippen LogP contribution in [0.25, 0.3) is 0 Å². The molecule has 18 heavy (non-hydrogen) atoms. The average molecular weight is 377 g/mol. The summed E-state index contributed by atoms with van der Waals surface area (Å²) in [4.78, 5) is 13.9. The first-order chi connectivity index (χ1) is 8.33. The van der Waals surface area contributed by atoms with E-state index >= 15 is 0 Å². The first kappa shape index (κ1) is 14.0. The molecular weight excluding hydrogens is 362 g/mol. The van der Waals surface area contributed by atoms with Gasteiger partial charge in [-0.1, -0.05) is 29.8 Å². The maximum Gasteiger partial charge on any atom is 0.255 e. The molecule has 0 saturated carbocycles. The van der Waals surface area contributed by atoms with Crippen LogP contribution in [-0.4, -0.2) is 34.6 Å². The van der Waals surface area contributed by atoms with Gasteiger partial charge in [0, 0.05) is 8.95 Å². The molecule has 0 aromatic heterocycles. The monoisotopic (exact) mass is 375 g/mol. The zero-order valence-corrected chi connectivity index (χ0v) is 13.5. The molecule has 1 aromatic carbocycles. The van der Waals surface area contributed by atoms with E-state index in [1.165, 1.54) is 0 Å². The molecule has 1 aliphatic heterocycles. The Balaban J connectivity index is 2.13. The van der Waals surface area contributed by atoms with E-state index in [-0.39, 0.29) is 11.8 Å². The molecule has 0 bridgehead atoms. The quantitative estimate of drug-likeness (QED) is 0.861. The summed E-state index contributed by atoms with van der Waals surface area (Å²) in [5, 5.41) is 10.2. The molecule has 0 unspecified atom stereocenters. The summed E-state index contributed by atoms with van der Waals surface area (Å²) >= 11 is 6.74. The number of halogens is 2. The molecule has 1 aromatic rings. The summed E-state index contributed by atoms with van der Waals surface area (Å²) in [6, 6.07) is 5.51. The Morgan fingerprint density at radius 2 is 2.00 bits per heavy atom. The van der Waals surface area contributed by atoms with Gasteiger partial charge in [0.05, 0.1) is 18.7 Å². The van der Waals surface area contributed by atoms with E-state index in [0.717, 1.165) is 8.95 Å². The molecule has 0 atom stereocenters. The molecule has 3 nitrogen and oxygen atoms in total. The Morgan fingerprint density at radius 3 is 2.56 bits per heavy atom. The summed E-state index contributed by atoms with van der Waals surface area (Å²) in [6.45, 7) is 4.75. The third-order valence-corrected chi connectivity index (χ3v) is 4.63. The van der Waals surface area contributed by atoms with Crippen molar-refractivity contribution in [2.45, 2.75) is 19.4 Å². The van der Waals surface area contributed by atoms with Crippen molar-refractivity contribution >= 4 is 37.8 Å². The lowest BCUT2D eigenvalue weighted by Gasteiger charge is -2.49. The van der Waals surface area contributed by atoms with E-state index in [1.54, 1.807) is 11.0 Å². The van der Waals surface area contributed by atoms with E-state index < -0.39 is 5.60 Å². The number of benzene rings is 1. The SMILES string of the molecule is CC(C)C1(O)CN(C(=O)c2cc(Br)ccc2Br)C1. The number of hydrogen-bond acceptors (Lipinski definition) is 2. The fourth-order valence-electron chi connectivity index (χ4n) is 1.96. The first-order valence-corrected chi connectivity index (χ1v) is 7.39. The molecule has 5 heteroatoms. The topological polar surface area (TPSA) is 40.5 Å². The fraction of sp³-hybridized carbons (Fsp3) is 0.462. The van der Waals surface area contributed by atoms with Gasteiger partial charge >= 0.3 is 0 Å². The Kier molecular flexibility index (Phi) is 3.85. The highest BCUT2D eigenvalue weighted by Gasteiger charge is 2.46. The third-order valence-electron chi connectivity index (χ3n) is 3.45. The van der Waals surface area contributed by atoms with Crippen molar-refractivity contribution in [3.05, 3.63) is 32.7 Å². The lowest BCUT2D eigenvalue weighted by molar-refractivity contribution is -0.110. The number of hydrogen-bond donors (Lipinski definition) is 1. The minimum Gasteiger partial charge on any atom is -0.386 e. The van der Waals surface area contributed by atoms with Gasteiger partial charge in [-0.15, -0.1) is 0 Å². The maximum atomic E-state index is 12.3. The van der Waals surface area contributed by atoms with Gasteiger partial charge in [-0.2, -0.15) is 0 Å². The second-order valence-corrected chi connectivity index (χ2v) is 6.81. The van der Waals surface area contributed by atoms with Crippen LogP contribution in [0.5, 0.6) is 0 Å². The van der Waals surface area contributed by atoms with E-state index in [4.69, 9.17) is 0 Å². The largest absolute Gasteiger partial charge is 0.386 e. The number of nitrogens with zero attached hydrogens (tertiary/aromatic N) is 1. The zero-order chi connectivity index (χ0) is 13.5. The normalized spacial score (nSPS) is 17.8. The number of carbonyl (C=O) groups excluding carboxylic acids is 1. The van der Waals surface area contributed by atoms with Crippen LogP contribution in [0.3, 0.4) is 0 Å². The van der Waals surface area contributed by atoms with Crippen molar-refractivity contribution in [3.8, 4) is 0 Å². The minimum atomic E-state index is -0.728. The van der Waals surface area contributed by atoms with Crippen LogP contribution in [0.15, 0.2) is 27.1 Å². The Hall–Kier alpha value is -0.390. The summed E-state index contributed by atoms with van der Waals surface area (Å²) < 4.78 is 1.64. The van der Waals surface area contributed by atoms with Gasteiger partial charge in [0.2, 0.25) is 0 Å². The Labute approximate surface area is 123 Å². The molecule has 1 heterocycles.